The van der Waals surface area contributed by atoms with Crippen LogP contribution < -0.4 is 0 Å². The first-order valence-electron chi connectivity index (χ1n) is 3.64. The van der Waals surface area contributed by atoms with Crippen molar-refractivity contribution in [2.24, 2.45) is 0 Å². The maximum absolute atomic E-state index is 10.2. The number of hydrogen-bond donors (Lipinski definition) is 0. The molecule has 11 heteroatoms. The molecule has 0 radical (unpaired) electrons. The van der Waals surface area contributed by atoms with Crippen LogP contribution in [0.1, 0.15) is 0 Å². The van der Waals surface area contributed by atoms with Crippen molar-refractivity contribution in [1.29, 1.82) is 0 Å². The summed E-state index contributed by atoms with van der Waals surface area (Å²) in [6.45, 7) is 0. The van der Waals surface area contributed by atoms with Gasteiger partial charge in [-0.05, 0) is 6.07 Å². The highest BCUT2D eigenvalue weighted by molar-refractivity contribution is 8.31. The second-order valence-corrected chi connectivity index (χ2v) is 6.08. The van der Waals surface area contributed by atoms with E-state index in [1.807, 2.05) is 0 Å². The Kier molecular flexibility index (Phi) is 5.79. The summed E-state index contributed by atoms with van der Waals surface area (Å²) in [4.78, 5) is 19.0. The van der Waals surface area contributed by atoms with E-state index in [1.165, 1.54) is 18.2 Å². The Hall–Kier alpha value is -1.45. The summed E-state index contributed by atoms with van der Waals surface area (Å²) in [5.41, 5.74) is -0.548. The molecule has 1 aromatic rings. The fourth-order valence-corrected chi connectivity index (χ4v) is 0.720. The Bertz CT molecular complexity index is 494. The number of nitrogens with zero attached hydrogens (tertiary/aromatic N) is 2. The minimum atomic E-state index is -3.72. The second-order valence-electron chi connectivity index (χ2n) is 2.41. The summed E-state index contributed by atoms with van der Waals surface area (Å²) in [6, 6.07) is 4.59. The highest BCUT2D eigenvalue weighted by atomic mass is 36.0. The standard InChI is InChI=1S/C6H4N2O4.Cl2O2S/c9-7(10)5-2-1-3-6(4-5)8(11)12;1-5(2,3)4/h1-4H;. The van der Waals surface area contributed by atoms with E-state index < -0.39 is 18.1 Å². The molecule has 0 amide bonds. The fraction of sp³-hybridized carbons (Fsp3) is 0. The molecule has 8 nitrogen and oxygen atoms in total. The lowest BCUT2D eigenvalue weighted by molar-refractivity contribution is -0.394. The third-order valence-electron chi connectivity index (χ3n) is 1.25. The van der Waals surface area contributed by atoms with Crippen molar-refractivity contribution >= 4 is 41.0 Å². The Morgan fingerprint density at radius 2 is 1.29 bits per heavy atom. The molecule has 0 spiro atoms. The van der Waals surface area contributed by atoms with Crippen LogP contribution in [0.5, 0.6) is 0 Å². The van der Waals surface area contributed by atoms with Crippen LogP contribution in [0.25, 0.3) is 0 Å². The first kappa shape index (κ1) is 15.6. The van der Waals surface area contributed by atoms with Crippen LogP contribution in [0.4, 0.5) is 11.4 Å². The van der Waals surface area contributed by atoms with Gasteiger partial charge in [0.15, 0.2) is 0 Å². The van der Waals surface area contributed by atoms with Gasteiger partial charge in [0.25, 0.3) is 11.4 Å². The van der Waals surface area contributed by atoms with Crippen LogP contribution in [0.3, 0.4) is 0 Å². The molecular weight excluding hydrogens is 299 g/mol. The van der Waals surface area contributed by atoms with Gasteiger partial charge in [0.2, 0.25) is 0 Å². The molecule has 0 N–H and O–H groups in total. The zero-order valence-electron chi connectivity index (χ0n) is 7.82. The zero-order chi connectivity index (χ0) is 13.6. The van der Waals surface area contributed by atoms with E-state index in [-0.39, 0.29) is 11.4 Å². The maximum atomic E-state index is 10.2. The highest BCUT2D eigenvalue weighted by Gasteiger charge is 2.11. The molecule has 94 valence electrons. The molecule has 0 heterocycles. The van der Waals surface area contributed by atoms with E-state index in [2.05, 4.69) is 21.4 Å². The van der Waals surface area contributed by atoms with Crippen LogP contribution in [0.2, 0.25) is 0 Å². The van der Waals surface area contributed by atoms with Gasteiger partial charge in [0.1, 0.15) is 0 Å². The quantitative estimate of drug-likeness (QED) is 0.469. The van der Waals surface area contributed by atoms with Gasteiger partial charge in [0.05, 0.1) is 15.9 Å². The monoisotopic (exact) mass is 302 g/mol. The lowest BCUT2D eigenvalue weighted by Crippen LogP contribution is -1.91. The zero-order valence-corrected chi connectivity index (χ0v) is 10.1. The number of nitro groups is 2. The van der Waals surface area contributed by atoms with Crippen molar-refractivity contribution in [2.75, 3.05) is 0 Å². The average Bonchev–Trinajstić information content (AvgIpc) is 2.15. The number of halogens is 2. The van der Waals surface area contributed by atoms with E-state index in [1.54, 1.807) is 0 Å². The van der Waals surface area contributed by atoms with Gasteiger partial charge in [-0.1, -0.05) is 0 Å². The Labute approximate surface area is 104 Å². The van der Waals surface area contributed by atoms with Crippen molar-refractivity contribution in [3.05, 3.63) is 44.5 Å². The molecular formula is C6H4Cl2N2O6S. The minimum absolute atomic E-state index is 0.274. The summed E-state index contributed by atoms with van der Waals surface area (Å²) in [5.74, 6) is 0. The first-order valence-corrected chi connectivity index (χ1v) is 6.78. The number of rotatable bonds is 2. The molecule has 0 bridgehead atoms. The van der Waals surface area contributed by atoms with Crippen LogP contribution in [0, 0.1) is 20.2 Å². The topological polar surface area (TPSA) is 120 Å². The third kappa shape index (κ3) is 8.37. The lowest BCUT2D eigenvalue weighted by atomic mass is 10.3. The average molecular weight is 303 g/mol. The molecule has 0 saturated carbocycles. The maximum Gasteiger partial charge on any atom is 0.317 e. The molecule has 0 saturated heterocycles. The normalized spacial score (nSPS) is 10.0. The van der Waals surface area contributed by atoms with Crippen LogP contribution in [-0.4, -0.2) is 18.3 Å². The SMILES string of the molecule is O=S(=O)(Cl)Cl.O=[N+]([O-])c1cccc([N+](=O)[O-])c1. The van der Waals surface area contributed by atoms with Crippen LogP contribution in [0.15, 0.2) is 24.3 Å². The predicted molar refractivity (Wildman–Crippen MR) is 60.4 cm³/mol. The van der Waals surface area contributed by atoms with E-state index in [4.69, 9.17) is 8.42 Å². The molecule has 0 aliphatic heterocycles. The van der Waals surface area contributed by atoms with Crippen molar-refractivity contribution in [3.63, 3.8) is 0 Å². The van der Waals surface area contributed by atoms with Crippen molar-refractivity contribution < 1.29 is 18.3 Å². The summed E-state index contributed by atoms with van der Waals surface area (Å²) < 4.78 is 18.3. The van der Waals surface area contributed by atoms with E-state index in [0.717, 1.165) is 6.07 Å². The summed E-state index contributed by atoms with van der Waals surface area (Å²) >= 11 is 0. The Morgan fingerprint density at radius 3 is 1.53 bits per heavy atom. The van der Waals surface area contributed by atoms with Crippen molar-refractivity contribution in [1.82, 2.24) is 0 Å². The minimum Gasteiger partial charge on any atom is -0.258 e. The summed E-state index contributed by atoms with van der Waals surface area (Å²) in [7, 11) is 4.81. The van der Waals surface area contributed by atoms with Gasteiger partial charge >= 0.3 is 8.26 Å². The Balaban J connectivity index is 0.000000437. The molecule has 1 rings (SSSR count). The first-order chi connectivity index (χ1) is 7.61. The molecule has 0 unspecified atom stereocenters. The molecule has 0 aliphatic rings. The number of benzene rings is 1. The van der Waals surface area contributed by atoms with Crippen LogP contribution >= 0.6 is 21.4 Å². The number of non-ortho nitro benzene ring substituents is 2. The molecule has 0 aromatic heterocycles. The van der Waals surface area contributed by atoms with Gasteiger partial charge < -0.3 is 0 Å². The molecule has 0 aliphatic carbocycles. The van der Waals surface area contributed by atoms with Crippen molar-refractivity contribution in [2.45, 2.75) is 0 Å². The highest BCUT2D eigenvalue weighted by Crippen LogP contribution is 2.18. The van der Waals surface area contributed by atoms with E-state index in [0.29, 0.717) is 0 Å². The largest absolute Gasteiger partial charge is 0.317 e. The summed E-state index contributed by atoms with van der Waals surface area (Å²) in [5, 5.41) is 20.3. The van der Waals surface area contributed by atoms with Gasteiger partial charge in [-0.2, -0.15) is 8.42 Å². The van der Waals surface area contributed by atoms with E-state index in [9.17, 15) is 20.2 Å². The molecule has 0 fully saturated rings. The number of nitro benzene ring substituents is 2. The smallest absolute Gasteiger partial charge is 0.258 e. The predicted octanol–water partition coefficient (Wildman–Crippen LogP) is 2.21. The van der Waals surface area contributed by atoms with Crippen molar-refractivity contribution in [3.8, 4) is 0 Å². The second kappa shape index (κ2) is 6.33. The fourth-order valence-electron chi connectivity index (χ4n) is 0.720. The molecule has 0 atom stereocenters. The number of hydrogen-bond acceptors (Lipinski definition) is 6. The lowest BCUT2D eigenvalue weighted by Gasteiger charge is -1.90. The van der Waals surface area contributed by atoms with E-state index >= 15 is 0 Å². The summed E-state index contributed by atoms with van der Waals surface area (Å²) in [6.07, 6.45) is 0. The van der Waals surface area contributed by atoms with Gasteiger partial charge in [0, 0.05) is 33.5 Å². The van der Waals surface area contributed by atoms with Gasteiger partial charge in [-0.15, -0.1) is 0 Å². The Morgan fingerprint density at radius 1 is 1.00 bits per heavy atom. The van der Waals surface area contributed by atoms with Crippen LogP contribution in [-0.2, 0) is 8.26 Å². The third-order valence-corrected chi connectivity index (χ3v) is 1.25. The van der Waals surface area contributed by atoms with Gasteiger partial charge in [-0.25, -0.2) is 0 Å². The molecule has 1 aromatic carbocycles. The molecule has 17 heavy (non-hydrogen) atoms. The van der Waals surface area contributed by atoms with Gasteiger partial charge in [-0.3, -0.25) is 20.2 Å².